The van der Waals surface area contributed by atoms with Crippen LogP contribution in [-0.4, -0.2) is 29.5 Å². The zero-order chi connectivity index (χ0) is 12.5. The average molecular weight is 261 g/mol. The Hall–Kier alpha value is -1.12. The average Bonchev–Trinajstić information content (AvgIpc) is 2.61. The molecule has 0 amide bonds. The first-order valence-electron chi connectivity index (χ1n) is 6.58. The van der Waals surface area contributed by atoms with E-state index in [0.717, 1.165) is 48.4 Å². The molecule has 3 rings (SSSR count). The van der Waals surface area contributed by atoms with Gasteiger partial charge in [-0.05, 0) is 24.6 Å². The lowest BCUT2D eigenvalue weighted by atomic mass is 10.1. The van der Waals surface area contributed by atoms with Gasteiger partial charge in [0.15, 0.2) is 0 Å². The van der Waals surface area contributed by atoms with E-state index in [1.165, 1.54) is 11.3 Å². The van der Waals surface area contributed by atoms with Gasteiger partial charge in [0, 0.05) is 30.6 Å². The van der Waals surface area contributed by atoms with Crippen molar-refractivity contribution in [2.24, 2.45) is 0 Å². The van der Waals surface area contributed by atoms with Crippen molar-refractivity contribution in [2.45, 2.75) is 19.8 Å². The molecule has 0 bridgehead atoms. The van der Waals surface area contributed by atoms with Gasteiger partial charge in [0.25, 0.3) is 0 Å². The van der Waals surface area contributed by atoms with Gasteiger partial charge in [-0.25, -0.2) is 0 Å². The topological polar surface area (TPSA) is 16.1 Å². The standard InChI is InChI=1S/C15H17ClN2/c1-2-18-9-7-12-14(8-10-18)17-13-6-4-3-5-11(13)15(12)16/h3-6H,2,7-10H2,1H3. The molecule has 0 unspecified atom stereocenters. The Kier molecular flexibility index (Phi) is 3.23. The van der Waals surface area contributed by atoms with Crippen LogP contribution < -0.4 is 0 Å². The van der Waals surface area contributed by atoms with Crippen LogP contribution in [-0.2, 0) is 12.8 Å². The first kappa shape index (κ1) is 11.9. The Morgan fingerprint density at radius 2 is 2.00 bits per heavy atom. The number of benzene rings is 1. The number of likely N-dealkylation sites (N-methyl/N-ethyl adjacent to an activating group) is 1. The Morgan fingerprint density at radius 3 is 2.83 bits per heavy atom. The van der Waals surface area contributed by atoms with Crippen LogP contribution in [0, 0.1) is 0 Å². The van der Waals surface area contributed by atoms with Crippen LogP contribution in [0.4, 0.5) is 0 Å². The second-order valence-corrected chi connectivity index (χ2v) is 5.18. The molecule has 2 aromatic rings. The maximum atomic E-state index is 6.56. The number of pyridine rings is 1. The fraction of sp³-hybridized carbons (Fsp3) is 0.400. The number of aromatic nitrogens is 1. The summed E-state index contributed by atoms with van der Waals surface area (Å²) >= 11 is 6.56. The van der Waals surface area contributed by atoms with E-state index in [2.05, 4.69) is 17.9 Å². The fourth-order valence-corrected chi connectivity index (χ4v) is 3.05. The van der Waals surface area contributed by atoms with Gasteiger partial charge in [0.05, 0.1) is 10.5 Å². The number of para-hydroxylation sites is 1. The van der Waals surface area contributed by atoms with Crippen LogP contribution in [0.2, 0.25) is 5.02 Å². The SMILES string of the molecule is CCN1CCc2nc3ccccc3c(Cl)c2CC1. The fourth-order valence-electron chi connectivity index (χ4n) is 2.68. The lowest BCUT2D eigenvalue weighted by Crippen LogP contribution is -2.25. The van der Waals surface area contributed by atoms with Gasteiger partial charge in [-0.3, -0.25) is 4.98 Å². The third kappa shape index (κ3) is 2.00. The Labute approximate surface area is 113 Å². The van der Waals surface area contributed by atoms with Gasteiger partial charge >= 0.3 is 0 Å². The summed E-state index contributed by atoms with van der Waals surface area (Å²) in [5.74, 6) is 0. The molecule has 2 nitrogen and oxygen atoms in total. The molecule has 1 aliphatic rings. The lowest BCUT2D eigenvalue weighted by Gasteiger charge is -2.16. The van der Waals surface area contributed by atoms with Crippen LogP contribution in [0.5, 0.6) is 0 Å². The molecule has 0 radical (unpaired) electrons. The van der Waals surface area contributed by atoms with Gasteiger partial charge in [0.1, 0.15) is 0 Å². The Morgan fingerprint density at radius 1 is 1.22 bits per heavy atom. The van der Waals surface area contributed by atoms with E-state index in [9.17, 15) is 0 Å². The van der Waals surface area contributed by atoms with Crippen molar-refractivity contribution < 1.29 is 0 Å². The predicted molar refractivity (Wildman–Crippen MR) is 76.3 cm³/mol. The number of hydrogen-bond donors (Lipinski definition) is 0. The maximum Gasteiger partial charge on any atom is 0.0720 e. The summed E-state index contributed by atoms with van der Waals surface area (Å²) in [5.41, 5.74) is 3.46. The largest absolute Gasteiger partial charge is 0.303 e. The molecule has 0 spiro atoms. The summed E-state index contributed by atoms with van der Waals surface area (Å²) in [7, 11) is 0. The van der Waals surface area contributed by atoms with Crippen molar-refractivity contribution in [1.29, 1.82) is 0 Å². The van der Waals surface area contributed by atoms with Gasteiger partial charge in [-0.2, -0.15) is 0 Å². The molecule has 2 heterocycles. The number of hydrogen-bond acceptors (Lipinski definition) is 2. The van der Waals surface area contributed by atoms with Crippen molar-refractivity contribution in [1.82, 2.24) is 9.88 Å². The van der Waals surface area contributed by atoms with Crippen LogP contribution >= 0.6 is 11.6 Å². The number of nitrogens with zero attached hydrogens (tertiary/aromatic N) is 2. The number of rotatable bonds is 1. The highest BCUT2D eigenvalue weighted by Gasteiger charge is 2.18. The van der Waals surface area contributed by atoms with Crippen molar-refractivity contribution in [2.75, 3.05) is 19.6 Å². The van der Waals surface area contributed by atoms with Crippen molar-refractivity contribution in [3.8, 4) is 0 Å². The van der Waals surface area contributed by atoms with Crippen molar-refractivity contribution in [3.63, 3.8) is 0 Å². The minimum atomic E-state index is 0.911. The molecule has 1 aliphatic heterocycles. The summed E-state index contributed by atoms with van der Waals surface area (Å²) in [4.78, 5) is 7.26. The molecule has 18 heavy (non-hydrogen) atoms. The van der Waals surface area contributed by atoms with Gasteiger partial charge in [0.2, 0.25) is 0 Å². The van der Waals surface area contributed by atoms with Crippen LogP contribution in [0.3, 0.4) is 0 Å². The van der Waals surface area contributed by atoms with E-state index in [-0.39, 0.29) is 0 Å². The normalized spacial score (nSPS) is 16.6. The third-order valence-corrected chi connectivity index (χ3v) is 4.23. The van der Waals surface area contributed by atoms with E-state index < -0.39 is 0 Å². The molecule has 0 saturated heterocycles. The molecule has 94 valence electrons. The first-order valence-corrected chi connectivity index (χ1v) is 6.95. The first-order chi connectivity index (χ1) is 8.79. The zero-order valence-corrected chi connectivity index (χ0v) is 11.4. The number of halogens is 1. The molecule has 0 saturated carbocycles. The number of fused-ring (bicyclic) bond motifs is 2. The molecule has 0 atom stereocenters. The van der Waals surface area contributed by atoms with E-state index in [0.29, 0.717) is 0 Å². The van der Waals surface area contributed by atoms with E-state index in [4.69, 9.17) is 16.6 Å². The second kappa shape index (κ2) is 4.87. The molecule has 0 N–H and O–H groups in total. The van der Waals surface area contributed by atoms with Gasteiger partial charge in [-0.1, -0.05) is 36.7 Å². The minimum Gasteiger partial charge on any atom is -0.303 e. The monoisotopic (exact) mass is 260 g/mol. The van der Waals surface area contributed by atoms with E-state index >= 15 is 0 Å². The summed E-state index contributed by atoms with van der Waals surface area (Å²) in [6, 6.07) is 8.15. The van der Waals surface area contributed by atoms with Crippen molar-refractivity contribution in [3.05, 3.63) is 40.5 Å². The highest BCUT2D eigenvalue weighted by atomic mass is 35.5. The molecular weight excluding hydrogens is 244 g/mol. The summed E-state index contributed by atoms with van der Waals surface area (Å²) < 4.78 is 0. The molecule has 1 aromatic heterocycles. The maximum absolute atomic E-state index is 6.56. The highest BCUT2D eigenvalue weighted by Crippen LogP contribution is 2.30. The minimum absolute atomic E-state index is 0.911. The second-order valence-electron chi connectivity index (χ2n) is 4.80. The molecule has 1 aromatic carbocycles. The molecule has 3 heteroatoms. The van der Waals surface area contributed by atoms with Crippen LogP contribution in [0.1, 0.15) is 18.2 Å². The quantitative estimate of drug-likeness (QED) is 0.782. The summed E-state index contributed by atoms with van der Waals surface area (Å²) in [5, 5.41) is 2.00. The lowest BCUT2D eigenvalue weighted by molar-refractivity contribution is 0.303. The summed E-state index contributed by atoms with van der Waals surface area (Å²) in [6.07, 6.45) is 2.02. The molecular formula is C15H17ClN2. The summed E-state index contributed by atoms with van der Waals surface area (Å²) in [6.45, 7) is 5.49. The highest BCUT2D eigenvalue weighted by molar-refractivity contribution is 6.36. The van der Waals surface area contributed by atoms with Gasteiger partial charge < -0.3 is 4.90 Å². The molecule has 0 fully saturated rings. The van der Waals surface area contributed by atoms with Gasteiger partial charge in [-0.15, -0.1) is 0 Å². The third-order valence-electron chi connectivity index (χ3n) is 3.80. The Bertz CT molecular complexity index is 580. The predicted octanol–water partition coefficient (Wildman–Crippen LogP) is 3.31. The van der Waals surface area contributed by atoms with Crippen LogP contribution in [0.15, 0.2) is 24.3 Å². The zero-order valence-electron chi connectivity index (χ0n) is 10.6. The van der Waals surface area contributed by atoms with Crippen LogP contribution in [0.25, 0.3) is 10.9 Å². The van der Waals surface area contributed by atoms with E-state index in [1.54, 1.807) is 0 Å². The molecule has 0 aliphatic carbocycles. The van der Waals surface area contributed by atoms with E-state index in [1.807, 2.05) is 18.2 Å². The Balaban J connectivity index is 2.12. The van der Waals surface area contributed by atoms with Crippen molar-refractivity contribution >= 4 is 22.5 Å². The smallest absolute Gasteiger partial charge is 0.0720 e.